The Hall–Kier alpha value is -1.61. The predicted molar refractivity (Wildman–Crippen MR) is 88.6 cm³/mol. The lowest BCUT2D eigenvalue weighted by atomic mass is 9.92. The Morgan fingerprint density at radius 3 is 2.58 bits per heavy atom. The Bertz CT molecular complexity index is 605. The fraction of sp³-hybridized carbons (Fsp3) is 0.765. The molecule has 3 rings (SSSR count). The minimum absolute atomic E-state index is 0.172. The van der Waals surface area contributed by atoms with Crippen molar-refractivity contribution in [3.8, 4) is 0 Å². The Morgan fingerprint density at radius 2 is 1.96 bits per heavy atom. The maximum absolute atomic E-state index is 12.4. The molecule has 0 spiro atoms. The molecule has 26 heavy (non-hydrogen) atoms. The van der Waals surface area contributed by atoms with E-state index in [0.29, 0.717) is 30.6 Å². The molecule has 9 heteroatoms. The number of hydrogen-bond donors (Lipinski definition) is 1. The van der Waals surface area contributed by atoms with Gasteiger partial charge in [-0.25, -0.2) is 0 Å². The van der Waals surface area contributed by atoms with E-state index in [4.69, 9.17) is 5.11 Å². The van der Waals surface area contributed by atoms with Gasteiger partial charge in [0, 0.05) is 38.5 Å². The van der Waals surface area contributed by atoms with Crippen molar-refractivity contribution in [3.63, 3.8) is 0 Å². The quantitative estimate of drug-likeness (QED) is 0.824. The Kier molecular flexibility index (Phi) is 5.86. The van der Waals surface area contributed by atoms with Crippen molar-refractivity contribution >= 4 is 5.91 Å². The van der Waals surface area contributed by atoms with E-state index in [-0.39, 0.29) is 19.1 Å². The Balaban J connectivity index is 1.43. The molecule has 146 valence electrons. The number of aryl methyl sites for hydroxylation is 1. The highest BCUT2D eigenvalue weighted by Gasteiger charge is 2.37. The lowest BCUT2D eigenvalue weighted by Gasteiger charge is -2.47. The third-order valence-electron chi connectivity index (χ3n) is 5.36. The molecule has 1 aromatic rings. The molecule has 0 saturated carbocycles. The van der Waals surface area contributed by atoms with Crippen LogP contribution in [0.4, 0.5) is 13.2 Å². The first-order valence-corrected chi connectivity index (χ1v) is 9.09. The molecular weight excluding hydrogens is 349 g/mol. The van der Waals surface area contributed by atoms with E-state index in [9.17, 15) is 18.0 Å². The van der Waals surface area contributed by atoms with Crippen LogP contribution >= 0.6 is 0 Å². The van der Waals surface area contributed by atoms with Crippen molar-refractivity contribution in [2.75, 3.05) is 32.8 Å². The number of amides is 1. The van der Waals surface area contributed by atoms with Crippen molar-refractivity contribution in [2.24, 2.45) is 5.92 Å². The van der Waals surface area contributed by atoms with Crippen LogP contribution in [-0.2, 0) is 6.54 Å². The van der Waals surface area contributed by atoms with Gasteiger partial charge >= 0.3 is 6.18 Å². The van der Waals surface area contributed by atoms with Gasteiger partial charge in [-0.15, -0.1) is 0 Å². The molecular formula is C17H25F3N4O2. The smallest absolute Gasteiger partial charge is 0.390 e. The van der Waals surface area contributed by atoms with E-state index >= 15 is 0 Å². The van der Waals surface area contributed by atoms with Crippen LogP contribution in [0, 0.1) is 5.92 Å². The number of aromatic nitrogens is 2. The van der Waals surface area contributed by atoms with Crippen molar-refractivity contribution in [1.82, 2.24) is 19.6 Å². The first-order valence-electron chi connectivity index (χ1n) is 9.09. The number of piperidine rings is 1. The second-order valence-electron chi connectivity index (χ2n) is 7.21. The number of aliphatic hydroxyl groups is 1. The van der Waals surface area contributed by atoms with Crippen molar-refractivity contribution < 1.29 is 23.1 Å². The number of likely N-dealkylation sites (tertiary alicyclic amines) is 2. The predicted octanol–water partition coefficient (Wildman–Crippen LogP) is 1.75. The molecule has 1 aromatic heterocycles. The number of carbonyl (C=O) groups is 1. The van der Waals surface area contributed by atoms with Crippen LogP contribution in [0.1, 0.15) is 36.0 Å². The van der Waals surface area contributed by atoms with Gasteiger partial charge in [0.1, 0.15) is 0 Å². The largest absolute Gasteiger partial charge is 0.396 e. The molecule has 1 N–H and O–H groups in total. The first kappa shape index (κ1) is 19.2. The summed E-state index contributed by atoms with van der Waals surface area (Å²) in [7, 11) is 0. The van der Waals surface area contributed by atoms with Gasteiger partial charge in [0.25, 0.3) is 5.91 Å². The molecule has 3 heterocycles. The van der Waals surface area contributed by atoms with Gasteiger partial charge in [0.2, 0.25) is 0 Å². The zero-order valence-corrected chi connectivity index (χ0v) is 14.7. The fourth-order valence-electron chi connectivity index (χ4n) is 3.66. The highest BCUT2D eigenvalue weighted by Crippen LogP contribution is 2.26. The minimum atomic E-state index is -4.23. The number of hydrogen-bond acceptors (Lipinski definition) is 4. The van der Waals surface area contributed by atoms with E-state index in [1.54, 1.807) is 4.90 Å². The van der Waals surface area contributed by atoms with Crippen LogP contribution in [0.25, 0.3) is 0 Å². The molecule has 6 nitrogen and oxygen atoms in total. The van der Waals surface area contributed by atoms with E-state index < -0.39 is 12.6 Å². The summed E-state index contributed by atoms with van der Waals surface area (Å²) in [5, 5.41) is 12.9. The molecule has 0 atom stereocenters. The van der Waals surface area contributed by atoms with Gasteiger partial charge in [-0.3, -0.25) is 14.4 Å². The van der Waals surface area contributed by atoms with Crippen LogP contribution < -0.4 is 0 Å². The summed E-state index contributed by atoms with van der Waals surface area (Å²) in [5.74, 6) is 0.422. The average molecular weight is 374 g/mol. The molecule has 2 aliphatic rings. The van der Waals surface area contributed by atoms with E-state index in [1.807, 2.05) is 0 Å². The normalized spacial score (nSPS) is 20.4. The number of alkyl halides is 3. The molecule has 2 fully saturated rings. The number of nitrogens with zero attached hydrogens (tertiary/aromatic N) is 4. The van der Waals surface area contributed by atoms with Gasteiger partial charge in [-0.1, -0.05) is 0 Å². The number of halogens is 3. The van der Waals surface area contributed by atoms with Gasteiger partial charge in [-0.2, -0.15) is 18.3 Å². The van der Waals surface area contributed by atoms with Gasteiger partial charge in [-0.05, 0) is 38.3 Å². The summed E-state index contributed by atoms with van der Waals surface area (Å²) < 4.78 is 37.9. The molecule has 0 bridgehead atoms. The molecule has 2 aliphatic heterocycles. The van der Waals surface area contributed by atoms with E-state index in [1.165, 1.54) is 17.1 Å². The van der Waals surface area contributed by atoms with Gasteiger partial charge < -0.3 is 10.0 Å². The highest BCUT2D eigenvalue weighted by atomic mass is 19.4. The van der Waals surface area contributed by atoms with Crippen LogP contribution in [0.3, 0.4) is 0 Å². The van der Waals surface area contributed by atoms with Crippen molar-refractivity contribution in [1.29, 1.82) is 0 Å². The zero-order valence-electron chi connectivity index (χ0n) is 14.7. The van der Waals surface area contributed by atoms with Crippen LogP contribution in [-0.4, -0.2) is 75.6 Å². The van der Waals surface area contributed by atoms with Crippen molar-refractivity contribution in [2.45, 2.75) is 44.4 Å². The molecule has 2 saturated heterocycles. The topological polar surface area (TPSA) is 61.6 Å². The minimum Gasteiger partial charge on any atom is -0.396 e. The molecule has 0 radical (unpaired) electrons. The molecule has 0 aliphatic carbocycles. The monoisotopic (exact) mass is 374 g/mol. The summed E-state index contributed by atoms with van der Waals surface area (Å²) in [6, 6.07) is 0.356. The summed E-state index contributed by atoms with van der Waals surface area (Å²) in [6.07, 6.45) is 0.565. The third-order valence-corrected chi connectivity index (χ3v) is 5.36. The maximum atomic E-state index is 12.4. The SMILES string of the molecule is O=C(c1cnn(CCC(F)(F)F)c1)N1CC(N2CCC(CCO)CC2)C1. The third kappa shape index (κ3) is 4.76. The fourth-order valence-corrected chi connectivity index (χ4v) is 3.66. The maximum Gasteiger partial charge on any atom is 0.390 e. The number of carbonyl (C=O) groups excluding carboxylic acids is 1. The van der Waals surface area contributed by atoms with Crippen LogP contribution in [0.2, 0.25) is 0 Å². The molecule has 1 amide bonds. The summed E-state index contributed by atoms with van der Waals surface area (Å²) in [4.78, 5) is 16.5. The average Bonchev–Trinajstić information content (AvgIpc) is 3.02. The van der Waals surface area contributed by atoms with E-state index in [2.05, 4.69) is 10.00 Å². The summed E-state index contributed by atoms with van der Waals surface area (Å²) in [6.45, 7) is 3.25. The second-order valence-corrected chi connectivity index (χ2v) is 7.21. The molecule has 0 unspecified atom stereocenters. The highest BCUT2D eigenvalue weighted by molar-refractivity contribution is 5.94. The second kappa shape index (κ2) is 7.96. The van der Waals surface area contributed by atoms with Crippen molar-refractivity contribution in [3.05, 3.63) is 18.0 Å². The number of rotatable bonds is 6. The zero-order chi connectivity index (χ0) is 18.7. The number of aliphatic hydroxyl groups excluding tert-OH is 1. The van der Waals surface area contributed by atoms with Crippen LogP contribution in [0.5, 0.6) is 0 Å². The van der Waals surface area contributed by atoms with Crippen LogP contribution in [0.15, 0.2) is 12.4 Å². The van der Waals surface area contributed by atoms with Gasteiger partial charge in [0.15, 0.2) is 0 Å². The summed E-state index contributed by atoms with van der Waals surface area (Å²) >= 11 is 0. The van der Waals surface area contributed by atoms with E-state index in [0.717, 1.165) is 32.4 Å². The summed E-state index contributed by atoms with van der Waals surface area (Å²) in [5.41, 5.74) is 0.340. The lowest BCUT2D eigenvalue weighted by Crippen LogP contribution is -2.62. The van der Waals surface area contributed by atoms with Gasteiger partial charge in [0.05, 0.1) is 18.2 Å². The Morgan fingerprint density at radius 1 is 1.27 bits per heavy atom. The standard InChI is InChI=1S/C17H25F3N4O2/c18-17(19,20)4-7-24-10-14(9-21-24)16(26)23-11-15(12-23)22-5-1-13(2-6-22)3-8-25/h9-10,13,15,25H,1-8,11-12H2. The molecule has 0 aromatic carbocycles. The lowest BCUT2D eigenvalue weighted by molar-refractivity contribution is -0.137. The Labute approximate surface area is 150 Å². The first-order chi connectivity index (χ1) is 12.4.